The van der Waals surface area contributed by atoms with E-state index in [1.165, 1.54) is 145 Å². The van der Waals surface area contributed by atoms with Crippen molar-refractivity contribution in [3.05, 3.63) is 245 Å². The molecule has 728 valence electrons. The minimum Gasteiger partial charge on any atom is -0.398 e. The van der Waals surface area contributed by atoms with E-state index in [0.717, 1.165) is 89.9 Å². The summed E-state index contributed by atoms with van der Waals surface area (Å²) in [6.45, 7) is 5.79. The number of hydrogen-bond acceptors (Lipinski definition) is 38. The molecule has 8 atom stereocenters. The number of oxime groups is 4. The molecule has 140 heavy (non-hydrogen) atoms. The highest BCUT2D eigenvalue weighted by atomic mass is 35.5. The summed E-state index contributed by atoms with van der Waals surface area (Å²) in [5.74, 6) is -1.67. The van der Waals surface area contributed by atoms with Gasteiger partial charge < -0.3 is 42.3 Å². The van der Waals surface area contributed by atoms with Gasteiger partial charge >= 0.3 is 0 Å². The van der Waals surface area contributed by atoms with Gasteiger partial charge in [0.1, 0.15) is 39.8 Å². The van der Waals surface area contributed by atoms with Crippen LogP contribution >= 0.6 is 139 Å². The fraction of sp³-hybridized carbons (Fsp3) is 0.298. The zero-order valence-electron chi connectivity index (χ0n) is 76.0. The number of allylic oxidation sites excluding steroid dienone is 8. The Morgan fingerprint density at radius 1 is 0.350 bits per heavy atom. The molecule has 34 nitrogen and oxygen atoms in total. The Kier molecular flexibility index (Phi) is 36.5. The van der Waals surface area contributed by atoms with Gasteiger partial charge in [-0.2, -0.15) is 18.7 Å². The minimum atomic E-state index is -0.589. The summed E-state index contributed by atoms with van der Waals surface area (Å²) in [7, 11) is 5.28. The number of carbonyl (C=O) groups excluding carboxylic acids is 12. The number of nitrogen functional groups attached to an aromatic ring is 4. The number of anilines is 4. The Labute approximate surface area is 856 Å². The number of rotatable bonds is 36. The standard InChI is InChI=1S/2C24H23ClN4O4S2.2C23H22ClN5O4S2/c2*1-13(30)21-16(8-7-14-3-5-15(10-25)6-4-14)11-34-23-17(22(32)29(21)23)9-19(31)20(28-33-2)18-12-35-24(26)27-18;2*1-12(30)19-15(8-7-13-3-5-14(10-24)6-4-13)11-34-22-16(21(32)29(19)22)9-17(31)18(27-33-2)20-26-23(25)35-28-20/h2*3-8,12,17,23H,9-11H2,1-2H3,(H2,26,27);2*3-8,16,22H,9-11H2,1-2H3,(H2,25,26,28)/b8-7?,28-20-;8-7+,28-20-;8-7?,27-18+;8-7+,27-18+/t2*17-,23-;2*16-,22-/m1111/s1. The summed E-state index contributed by atoms with van der Waals surface area (Å²) >= 11 is 33.7. The number of nitrogens with zero attached hydrogens (tertiary/aromatic N) is 14. The van der Waals surface area contributed by atoms with Crippen LogP contribution in [0.5, 0.6) is 0 Å². The third kappa shape index (κ3) is 24.4. The molecule has 4 aromatic heterocycles. The Morgan fingerprint density at radius 3 is 0.771 bits per heavy atom. The number of nitrogens with two attached hydrogens (primary N) is 4. The molecule has 0 saturated carbocycles. The molecule has 0 unspecified atom stereocenters. The van der Waals surface area contributed by atoms with Gasteiger partial charge in [0, 0.05) is 134 Å². The topological polar surface area (TPSA) is 486 Å². The van der Waals surface area contributed by atoms with E-state index in [2.05, 4.69) is 49.3 Å². The number of amides is 4. The van der Waals surface area contributed by atoms with Crippen LogP contribution in [0.4, 0.5) is 20.5 Å². The van der Waals surface area contributed by atoms with Crippen LogP contribution in [-0.4, -0.2) is 214 Å². The maximum absolute atomic E-state index is 13.1. The molecule has 8 aromatic rings. The minimum absolute atomic E-state index is 0.0265. The largest absolute Gasteiger partial charge is 0.398 e. The lowest BCUT2D eigenvalue weighted by atomic mass is 9.88. The number of thiazole rings is 2. The van der Waals surface area contributed by atoms with Crippen LogP contribution in [0.25, 0.3) is 24.3 Å². The van der Waals surface area contributed by atoms with Crippen LogP contribution in [0.3, 0.4) is 0 Å². The number of benzene rings is 4. The molecular weight excluding hydrogens is 2040 g/mol. The third-order valence-corrected chi connectivity index (χ3v) is 31.6. The van der Waals surface area contributed by atoms with E-state index in [1.807, 2.05) is 146 Å². The van der Waals surface area contributed by atoms with E-state index in [1.54, 1.807) is 10.8 Å². The number of aromatic nitrogens is 6. The molecule has 8 N–H and O–H groups in total. The Bertz CT molecular complexity index is 5790. The lowest BCUT2D eigenvalue weighted by molar-refractivity contribution is -0.150. The van der Waals surface area contributed by atoms with E-state index >= 15 is 0 Å². The van der Waals surface area contributed by atoms with Crippen molar-refractivity contribution in [3.63, 3.8) is 0 Å². The van der Waals surface area contributed by atoms with Crippen molar-refractivity contribution in [3.8, 4) is 0 Å². The first-order valence-electron chi connectivity index (χ1n) is 42.6. The number of hydrogen-bond donors (Lipinski definition) is 4. The van der Waals surface area contributed by atoms with E-state index in [0.29, 0.717) is 91.0 Å². The first-order chi connectivity index (χ1) is 67.3. The highest BCUT2D eigenvalue weighted by molar-refractivity contribution is 8.01. The summed E-state index contributed by atoms with van der Waals surface area (Å²) in [5, 5.41) is 18.1. The smallest absolute Gasteiger partial charge is 0.234 e. The van der Waals surface area contributed by atoms with Crippen LogP contribution in [0.15, 0.2) is 198 Å². The van der Waals surface area contributed by atoms with Crippen LogP contribution in [0, 0.1) is 23.7 Å². The maximum atomic E-state index is 13.1. The van der Waals surface area contributed by atoms with Crippen molar-refractivity contribution in [2.75, 3.05) is 74.4 Å². The average molecular weight is 2130 g/mol. The van der Waals surface area contributed by atoms with Crippen molar-refractivity contribution < 1.29 is 76.9 Å². The molecule has 4 aromatic carbocycles. The lowest BCUT2D eigenvalue weighted by Crippen LogP contribution is -2.61. The average Bonchev–Trinajstić information content (AvgIpc) is 0.802. The molecule has 4 fully saturated rings. The van der Waals surface area contributed by atoms with E-state index in [-0.39, 0.29) is 150 Å². The highest BCUT2D eigenvalue weighted by Gasteiger charge is 2.58. The van der Waals surface area contributed by atoms with E-state index in [9.17, 15) is 57.5 Å². The number of alkyl halides is 4. The second-order valence-electron chi connectivity index (χ2n) is 31.7. The predicted molar refractivity (Wildman–Crippen MR) is 552 cm³/mol. The number of Topliss-reactive ketones (excluding diaryl/α,β-unsaturated/α-hetero) is 8. The van der Waals surface area contributed by atoms with Crippen molar-refractivity contribution >= 4 is 277 Å². The molecule has 0 spiro atoms. The molecule has 4 amide bonds. The van der Waals surface area contributed by atoms with Crippen molar-refractivity contribution in [2.45, 2.75) is 98.4 Å². The van der Waals surface area contributed by atoms with Crippen LogP contribution in [0.2, 0.25) is 0 Å². The molecule has 0 aliphatic carbocycles. The first-order valence-corrected chi connectivity index (χ1v) is 52.2. The zero-order valence-corrected chi connectivity index (χ0v) is 85.6. The zero-order chi connectivity index (χ0) is 100. The van der Waals surface area contributed by atoms with Gasteiger partial charge in [0.15, 0.2) is 89.6 Å². The van der Waals surface area contributed by atoms with Gasteiger partial charge in [-0.15, -0.1) is 116 Å². The highest BCUT2D eigenvalue weighted by Crippen LogP contribution is 2.51. The van der Waals surface area contributed by atoms with Gasteiger partial charge in [0.05, 0.1) is 68.0 Å². The maximum Gasteiger partial charge on any atom is 0.234 e. The van der Waals surface area contributed by atoms with Gasteiger partial charge in [0.25, 0.3) is 0 Å². The summed E-state index contributed by atoms with van der Waals surface area (Å²) in [5.41, 5.74) is 35.6. The summed E-state index contributed by atoms with van der Waals surface area (Å²) < 4.78 is 8.03. The molecular formula is C94H90Cl4N18O16S8. The van der Waals surface area contributed by atoms with Crippen molar-refractivity contribution in [2.24, 2.45) is 44.3 Å². The number of halogens is 4. The monoisotopic (exact) mass is 2120 g/mol. The molecule has 16 rings (SSSR count). The fourth-order valence-electron chi connectivity index (χ4n) is 15.8. The molecule has 46 heteroatoms. The molecule has 8 aliphatic rings. The van der Waals surface area contributed by atoms with E-state index < -0.39 is 35.2 Å². The van der Waals surface area contributed by atoms with Gasteiger partial charge in [0.2, 0.25) is 35.3 Å². The molecule has 0 radical (unpaired) electrons. The van der Waals surface area contributed by atoms with Gasteiger partial charge in [-0.3, -0.25) is 77.1 Å². The Hall–Kier alpha value is -11.9. The number of ketones is 8. The van der Waals surface area contributed by atoms with Crippen LogP contribution in [-0.2, 0) is 100 Å². The lowest BCUT2D eigenvalue weighted by Gasteiger charge is -2.49. The third-order valence-electron chi connectivity index (χ3n) is 22.5. The van der Waals surface area contributed by atoms with Gasteiger partial charge in [-0.05, 0) is 66.8 Å². The van der Waals surface area contributed by atoms with Crippen LogP contribution in [0.1, 0.15) is 121 Å². The molecule has 0 bridgehead atoms. The van der Waals surface area contributed by atoms with Crippen molar-refractivity contribution in [1.82, 2.24) is 48.3 Å². The normalized spacial score (nSPS) is 20.1. The first kappa shape index (κ1) is 105. The second-order valence-corrected chi connectivity index (χ2v) is 40.5. The predicted octanol–water partition coefficient (Wildman–Crippen LogP) is 14.2. The fourth-order valence-corrected chi connectivity index (χ4v) is 24.0. The SMILES string of the molecule is CO/N=C(\C(=O)C[C@@H]1C(=O)N2C(C(C)=O)=C(/C=C/c3ccc(CCl)cc3)CS[C@H]12)c1csc(N)n1.CO/N=C(\C(=O)C[C@@H]1C(=O)N2C(C(C)=O)=C(/C=C/c3ccc(CCl)cc3)CS[C@H]12)c1nsc(N)n1.CO/N=C(\C(=O)C[C@@H]1C(=O)N2C(C(C)=O)=C(C=Cc3ccc(CCl)cc3)CS[C@H]12)c1csc(N)n1.CO/N=C(\C(=O)C[C@@H]1C(=O)N2C(C(C)=O)=C(C=Cc3ccc(CCl)cc3)CS[C@H]12)c1nsc(N)n1. The van der Waals surface area contributed by atoms with Crippen molar-refractivity contribution in [1.29, 1.82) is 0 Å². The Balaban J connectivity index is 0.000000157. The quantitative estimate of drug-likeness (QED) is 0.0123. The summed E-state index contributed by atoms with van der Waals surface area (Å²) in [4.78, 5) is 196. The number of β-lactam (4-membered cyclic amide) rings is 4. The number of thioether (sulfide) groups is 4. The van der Waals surface area contributed by atoms with Gasteiger partial charge in [-0.1, -0.05) is 166 Å². The molecule has 8 aliphatic heterocycles. The molecule has 4 saturated heterocycles. The summed E-state index contributed by atoms with van der Waals surface area (Å²) in [6.07, 6.45) is 14.8. The second kappa shape index (κ2) is 48.5. The Morgan fingerprint density at radius 2 is 0.579 bits per heavy atom. The van der Waals surface area contributed by atoms with E-state index in [4.69, 9.17) is 88.7 Å². The summed E-state index contributed by atoms with van der Waals surface area (Å²) in [6, 6.07) is 31.1. The number of carbonyl (C=O) groups is 12. The van der Waals surface area contributed by atoms with Crippen LogP contribution < -0.4 is 22.9 Å². The van der Waals surface area contributed by atoms with Gasteiger partial charge in [-0.25, -0.2) is 9.97 Å². The number of fused-ring (bicyclic) bond motifs is 4. The molecule has 12 heterocycles.